The van der Waals surface area contributed by atoms with Crippen LogP contribution in [-0.4, -0.2) is 36.3 Å². The van der Waals surface area contributed by atoms with Gasteiger partial charge in [0.2, 0.25) is 0 Å². The predicted octanol–water partition coefficient (Wildman–Crippen LogP) is 0.773. The van der Waals surface area contributed by atoms with E-state index in [-0.39, 0.29) is 26.2 Å². The summed E-state index contributed by atoms with van der Waals surface area (Å²) in [4.78, 5) is 21.0. The molecule has 1 N–H and O–H groups in total. The Morgan fingerprint density at radius 1 is 1.32 bits per heavy atom. The first-order chi connectivity index (χ1) is 8.96. The van der Waals surface area contributed by atoms with Crippen molar-refractivity contribution in [2.24, 2.45) is 0 Å². The molecule has 0 radical (unpaired) electrons. The standard InChI is InChI=1S/C10H11F3N2O4/c11-10(12,13)8-7(6-14-15-9(8)17)19-5-4-18-3-1-2-16/h2,6H,1,3-5H2,(H,15,17). The van der Waals surface area contributed by atoms with Gasteiger partial charge in [0.15, 0.2) is 11.3 Å². The van der Waals surface area contributed by atoms with E-state index in [4.69, 9.17) is 9.47 Å². The van der Waals surface area contributed by atoms with Gasteiger partial charge in [0, 0.05) is 6.42 Å². The molecule has 0 fully saturated rings. The van der Waals surface area contributed by atoms with Crippen molar-refractivity contribution in [3.8, 4) is 5.75 Å². The minimum absolute atomic E-state index is 0.00205. The molecule has 0 amide bonds. The summed E-state index contributed by atoms with van der Waals surface area (Å²) in [6.07, 6.45) is -3.20. The Labute approximate surface area is 105 Å². The topological polar surface area (TPSA) is 81.3 Å². The first-order valence-corrected chi connectivity index (χ1v) is 5.26. The molecule has 9 heteroatoms. The van der Waals surface area contributed by atoms with Crippen molar-refractivity contribution in [1.29, 1.82) is 0 Å². The summed E-state index contributed by atoms with van der Waals surface area (Å²) in [5.74, 6) is -0.657. The number of hydrogen-bond donors (Lipinski definition) is 1. The summed E-state index contributed by atoms with van der Waals surface area (Å²) in [5, 5.41) is 4.93. The maximum absolute atomic E-state index is 12.6. The molecule has 0 saturated heterocycles. The van der Waals surface area contributed by atoms with Gasteiger partial charge in [-0.15, -0.1) is 0 Å². The van der Waals surface area contributed by atoms with Crippen molar-refractivity contribution in [3.05, 3.63) is 22.1 Å². The number of H-pyrrole nitrogens is 1. The number of carbonyl (C=O) groups excluding carboxylic acids is 1. The molecular formula is C10H11F3N2O4. The minimum Gasteiger partial charge on any atom is -0.489 e. The lowest BCUT2D eigenvalue weighted by Crippen LogP contribution is -2.24. The number of aromatic amines is 1. The highest BCUT2D eigenvalue weighted by Crippen LogP contribution is 2.32. The molecule has 6 nitrogen and oxygen atoms in total. The number of alkyl halides is 3. The summed E-state index contributed by atoms with van der Waals surface area (Å²) in [5.41, 5.74) is -2.80. The fourth-order valence-electron chi connectivity index (χ4n) is 1.20. The van der Waals surface area contributed by atoms with Gasteiger partial charge in [0.25, 0.3) is 5.56 Å². The summed E-state index contributed by atoms with van der Waals surface area (Å²) in [6, 6.07) is 0. The molecule has 1 heterocycles. The van der Waals surface area contributed by atoms with E-state index in [1.54, 1.807) is 5.10 Å². The Bertz CT molecular complexity index is 473. The summed E-state index contributed by atoms with van der Waals surface area (Å²) < 4.78 is 47.5. The largest absolute Gasteiger partial charge is 0.489 e. The highest BCUT2D eigenvalue weighted by atomic mass is 19.4. The van der Waals surface area contributed by atoms with Crippen LogP contribution >= 0.6 is 0 Å². The van der Waals surface area contributed by atoms with Crippen LogP contribution in [0.3, 0.4) is 0 Å². The lowest BCUT2D eigenvalue weighted by atomic mass is 10.3. The first-order valence-electron chi connectivity index (χ1n) is 5.26. The number of ether oxygens (including phenoxy) is 2. The second-order valence-corrected chi connectivity index (χ2v) is 3.35. The molecule has 1 aromatic rings. The highest BCUT2D eigenvalue weighted by Gasteiger charge is 2.38. The van der Waals surface area contributed by atoms with Crippen LogP contribution in [0.5, 0.6) is 5.75 Å². The van der Waals surface area contributed by atoms with E-state index in [0.29, 0.717) is 6.29 Å². The summed E-state index contributed by atoms with van der Waals surface area (Å²) in [6.45, 7) is -0.0301. The molecule has 0 bridgehead atoms. The van der Waals surface area contributed by atoms with Crippen molar-refractivity contribution in [1.82, 2.24) is 10.2 Å². The number of hydrogen-bond acceptors (Lipinski definition) is 5. The molecular weight excluding hydrogens is 269 g/mol. The number of aldehydes is 1. The van der Waals surface area contributed by atoms with Gasteiger partial charge >= 0.3 is 6.18 Å². The number of nitrogens with one attached hydrogen (secondary N) is 1. The minimum atomic E-state index is -4.83. The van der Waals surface area contributed by atoms with Crippen LogP contribution in [0.4, 0.5) is 13.2 Å². The lowest BCUT2D eigenvalue weighted by Gasteiger charge is -2.11. The Morgan fingerprint density at radius 3 is 2.68 bits per heavy atom. The van der Waals surface area contributed by atoms with E-state index in [9.17, 15) is 22.8 Å². The molecule has 106 valence electrons. The third-order valence-electron chi connectivity index (χ3n) is 1.97. The van der Waals surface area contributed by atoms with Crippen molar-refractivity contribution in [2.45, 2.75) is 12.6 Å². The van der Waals surface area contributed by atoms with Gasteiger partial charge in [-0.2, -0.15) is 18.3 Å². The highest BCUT2D eigenvalue weighted by molar-refractivity contribution is 5.49. The van der Waals surface area contributed by atoms with Crippen molar-refractivity contribution in [3.63, 3.8) is 0 Å². The van der Waals surface area contributed by atoms with Crippen LogP contribution in [0, 0.1) is 0 Å². The predicted molar refractivity (Wildman–Crippen MR) is 56.9 cm³/mol. The number of rotatable bonds is 7. The number of halogens is 3. The molecule has 0 unspecified atom stereocenters. The lowest BCUT2D eigenvalue weighted by molar-refractivity contribution is -0.140. The normalized spacial score (nSPS) is 11.3. The van der Waals surface area contributed by atoms with Crippen LogP contribution in [0.15, 0.2) is 11.0 Å². The third-order valence-corrected chi connectivity index (χ3v) is 1.97. The van der Waals surface area contributed by atoms with Gasteiger partial charge < -0.3 is 14.3 Å². The van der Waals surface area contributed by atoms with E-state index >= 15 is 0 Å². The Hall–Kier alpha value is -1.90. The molecule has 0 atom stereocenters. The molecule has 0 spiro atoms. The number of nitrogens with zero attached hydrogens (tertiary/aromatic N) is 1. The molecule has 1 rings (SSSR count). The summed E-state index contributed by atoms with van der Waals surface area (Å²) in [7, 11) is 0. The molecule has 0 saturated carbocycles. The zero-order valence-corrected chi connectivity index (χ0v) is 9.70. The fourth-order valence-corrected chi connectivity index (χ4v) is 1.20. The maximum Gasteiger partial charge on any atom is 0.425 e. The van der Waals surface area contributed by atoms with Crippen LogP contribution < -0.4 is 10.3 Å². The van der Waals surface area contributed by atoms with Gasteiger partial charge in [0.1, 0.15) is 12.9 Å². The molecule has 0 aliphatic rings. The van der Waals surface area contributed by atoms with Crippen LogP contribution in [0.2, 0.25) is 0 Å². The first kappa shape index (κ1) is 15.2. The monoisotopic (exact) mass is 280 g/mol. The zero-order chi connectivity index (χ0) is 14.3. The van der Waals surface area contributed by atoms with Crippen molar-refractivity contribution < 1.29 is 27.4 Å². The summed E-state index contributed by atoms with van der Waals surface area (Å²) >= 11 is 0. The molecule has 1 aromatic heterocycles. The SMILES string of the molecule is O=CCCOCCOc1cn[nH]c(=O)c1C(F)(F)F. The Balaban J connectivity index is 2.61. The maximum atomic E-state index is 12.6. The molecule has 0 aliphatic carbocycles. The van der Waals surface area contributed by atoms with Gasteiger partial charge in [-0.3, -0.25) is 4.79 Å². The van der Waals surface area contributed by atoms with Crippen LogP contribution in [0.25, 0.3) is 0 Å². The third kappa shape index (κ3) is 4.70. The zero-order valence-electron chi connectivity index (χ0n) is 9.70. The quantitative estimate of drug-likeness (QED) is 0.589. The smallest absolute Gasteiger partial charge is 0.425 e. The van der Waals surface area contributed by atoms with Gasteiger partial charge in [-0.05, 0) is 0 Å². The van der Waals surface area contributed by atoms with Crippen molar-refractivity contribution >= 4 is 6.29 Å². The molecule has 0 aromatic carbocycles. The number of carbonyl (C=O) groups is 1. The Morgan fingerprint density at radius 2 is 2.05 bits per heavy atom. The molecule has 19 heavy (non-hydrogen) atoms. The van der Waals surface area contributed by atoms with E-state index < -0.39 is 23.0 Å². The van der Waals surface area contributed by atoms with Gasteiger partial charge in [0.05, 0.1) is 19.4 Å². The van der Waals surface area contributed by atoms with Crippen molar-refractivity contribution in [2.75, 3.05) is 19.8 Å². The van der Waals surface area contributed by atoms with E-state index in [1.165, 1.54) is 0 Å². The van der Waals surface area contributed by atoms with E-state index in [1.807, 2.05) is 0 Å². The Kier molecular flexibility index (Phi) is 5.49. The van der Waals surface area contributed by atoms with Gasteiger partial charge in [-0.25, -0.2) is 5.10 Å². The van der Waals surface area contributed by atoms with Crippen LogP contribution in [-0.2, 0) is 15.7 Å². The second kappa shape index (κ2) is 6.88. The average Bonchev–Trinajstić information content (AvgIpc) is 2.32. The van der Waals surface area contributed by atoms with E-state index in [2.05, 4.69) is 5.10 Å². The molecule has 0 aliphatic heterocycles. The van der Waals surface area contributed by atoms with Crippen LogP contribution in [0.1, 0.15) is 12.0 Å². The average molecular weight is 280 g/mol. The number of aromatic nitrogens is 2. The second-order valence-electron chi connectivity index (χ2n) is 3.35. The van der Waals surface area contributed by atoms with Gasteiger partial charge in [-0.1, -0.05) is 0 Å². The van der Waals surface area contributed by atoms with E-state index in [0.717, 1.165) is 6.20 Å². The fraction of sp³-hybridized carbons (Fsp3) is 0.500.